The monoisotopic (exact) mass is 281 g/mol. The molecule has 1 aromatic rings. The molecule has 1 amide bonds. The Balaban J connectivity index is 1.98. The zero-order valence-electron chi connectivity index (χ0n) is 11.3. The van der Waals surface area contributed by atoms with E-state index in [1.807, 2.05) is 0 Å². The van der Waals surface area contributed by atoms with E-state index in [1.165, 1.54) is 0 Å². The first-order valence-electron chi connectivity index (χ1n) is 6.37. The molecule has 0 aromatic heterocycles. The molecule has 1 heterocycles. The quantitative estimate of drug-likeness (QED) is 0.563. The van der Waals surface area contributed by atoms with Gasteiger partial charge in [0.15, 0.2) is 6.61 Å². The van der Waals surface area contributed by atoms with Crippen LogP contribution in [0.15, 0.2) is 12.1 Å². The summed E-state index contributed by atoms with van der Waals surface area (Å²) in [6.07, 6.45) is 0.0159. The van der Waals surface area contributed by atoms with Gasteiger partial charge in [-0.15, -0.1) is 0 Å². The van der Waals surface area contributed by atoms with Crippen molar-refractivity contribution >= 4 is 23.0 Å². The van der Waals surface area contributed by atoms with E-state index in [9.17, 15) is 9.90 Å². The molecule has 0 bridgehead atoms. The first kappa shape index (κ1) is 14.4. The van der Waals surface area contributed by atoms with Crippen molar-refractivity contribution < 1.29 is 19.4 Å². The number of carbonyl (C=O) groups is 1. The molecule has 7 nitrogen and oxygen atoms in total. The maximum Gasteiger partial charge on any atom is 0.262 e. The van der Waals surface area contributed by atoms with Crippen LogP contribution in [0.3, 0.4) is 0 Å². The number of nitrogens with one attached hydrogen (secondary N) is 2. The highest BCUT2D eigenvalue weighted by Crippen LogP contribution is 2.35. The van der Waals surface area contributed by atoms with Gasteiger partial charge >= 0.3 is 0 Å². The molecule has 5 N–H and O–H groups in total. The second-order valence-corrected chi connectivity index (χ2v) is 4.60. The Kier molecular flexibility index (Phi) is 4.65. The number of rotatable bonds is 6. The van der Waals surface area contributed by atoms with Crippen LogP contribution in [0.5, 0.6) is 5.75 Å². The number of nitrogens with two attached hydrogens (primary N) is 1. The predicted octanol–water partition coefficient (Wildman–Crippen LogP) is 0.409. The lowest BCUT2D eigenvalue weighted by Crippen LogP contribution is -2.25. The lowest BCUT2D eigenvalue weighted by molar-refractivity contribution is -0.118. The van der Waals surface area contributed by atoms with Gasteiger partial charge in [0, 0.05) is 19.7 Å². The van der Waals surface area contributed by atoms with Crippen molar-refractivity contribution in [1.82, 2.24) is 0 Å². The molecule has 1 aliphatic heterocycles. The molecule has 0 fully saturated rings. The Morgan fingerprint density at radius 2 is 2.40 bits per heavy atom. The normalized spacial score (nSPS) is 15.0. The summed E-state index contributed by atoms with van der Waals surface area (Å²) in [5, 5.41) is 15.4. The molecule has 0 radical (unpaired) electrons. The Morgan fingerprint density at radius 3 is 3.15 bits per heavy atom. The van der Waals surface area contributed by atoms with Crippen molar-refractivity contribution in [3.63, 3.8) is 0 Å². The topological polar surface area (TPSA) is 106 Å². The van der Waals surface area contributed by atoms with Crippen LogP contribution in [0.1, 0.15) is 6.42 Å². The van der Waals surface area contributed by atoms with E-state index in [4.69, 9.17) is 15.2 Å². The van der Waals surface area contributed by atoms with Gasteiger partial charge in [0.25, 0.3) is 5.91 Å². The minimum Gasteiger partial charge on any atom is -0.482 e. The third kappa shape index (κ3) is 3.52. The van der Waals surface area contributed by atoms with Crippen molar-refractivity contribution in [3.8, 4) is 5.75 Å². The molecule has 1 atom stereocenters. The highest BCUT2D eigenvalue weighted by Gasteiger charge is 2.17. The van der Waals surface area contributed by atoms with Crippen LogP contribution in [0.2, 0.25) is 0 Å². The summed E-state index contributed by atoms with van der Waals surface area (Å²) in [5.74, 6) is 0.371. The van der Waals surface area contributed by atoms with Gasteiger partial charge in [-0.25, -0.2) is 0 Å². The number of aliphatic hydroxyl groups excluding tert-OH is 1. The maximum absolute atomic E-state index is 11.3. The fourth-order valence-corrected chi connectivity index (χ4v) is 1.94. The number of ether oxygens (including phenoxy) is 2. The molecular formula is C13H19N3O4. The van der Waals surface area contributed by atoms with Gasteiger partial charge in [-0.3, -0.25) is 4.79 Å². The second kappa shape index (κ2) is 6.44. The third-order valence-electron chi connectivity index (χ3n) is 2.94. The third-order valence-corrected chi connectivity index (χ3v) is 2.94. The van der Waals surface area contributed by atoms with Crippen molar-refractivity contribution in [2.45, 2.75) is 12.5 Å². The molecule has 2 rings (SSSR count). The number of aliphatic hydroxyl groups is 1. The molecule has 0 saturated carbocycles. The van der Waals surface area contributed by atoms with Crippen molar-refractivity contribution in [1.29, 1.82) is 0 Å². The van der Waals surface area contributed by atoms with Gasteiger partial charge in [0.05, 0.1) is 29.8 Å². The molecule has 7 heteroatoms. The highest BCUT2D eigenvalue weighted by atomic mass is 16.5. The smallest absolute Gasteiger partial charge is 0.262 e. The van der Waals surface area contributed by atoms with E-state index in [0.717, 1.165) is 0 Å². The minimum atomic E-state index is -0.519. The first-order valence-corrected chi connectivity index (χ1v) is 6.37. The molecule has 20 heavy (non-hydrogen) atoms. The van der Waals surface area contributed by atoms with Crippen LogP contribution >= 0.6 is 0 Å². The minimum absolute atomic E-state index is 0.00241. The van der Waals surface area contributed by atoms with Crippen molar-refractivity contribution in [2.24, 2.45) is 0 Å². The van der Waals surface area contributed by atoms with Crippen molar-refractivity contribution in [2.75, 3.05) is 43.2 Å². The predicted molar refractivity (Wildman–Crippen MR) is 76.0 cm³/mol. The number of amides is 1. The lowest BCUT2D eigenvalue weighted by atomic mass is 10.2. The first-order chi connectivity index (χ1) is 9.60. The van der Waals surface area contributed by atoms with Crippen molar-refractivity contribution in [3.05, 3.63) is 12.1 Å². The number of nitrogen functional groups attached to an aromatic ring is 1. The Bertz CT molecular complexity index is 493. The summed E-state index contributed by atoms with van der Waals surface area (Å²) < 4.78 is 10.1. The fourth-order valence-electron chi connectivity index (χ4n) is 1.94. The summed E-state index contributed by atoms with van der Waals surface area (Å²) in [6.45, 7) is 0.843. The van der Waals surface area contributed by atoms with Crippen LogP contribution in [-0.4, -0.2) is 44.0 Å². The summed E-state index contributed by atoms with van der Waals surface area (Å²) in [5.41, 5.74) is 7.73. The zero-order chi connectivity index (χ0) is 14.5. The van der Waals surface area contributed by atoms with E-state index >= 15 is 0 Å². The Hall–Kier alpha value is -1.99. The van der Waals surface area contributed by atoms with Crippen LogP contribution in [0.25, 0.3) is 0 Å². The van der Waals surface area contributed by atoms with Crippen LogP contribution < -0.4 is 21.1 Å². The van der Waals surface area contributed by atoms with Crippen LogP contribution in [0, 0.1) is 0 Å². The molecule has 0 aliphatic carbocycles. The number of methoxy groups -OCH3 is 1. The lowest BCUT2D eigenvalue weighted by Gasteiger charge is -2.20. The van der Waals surface area contributed by atoms with Gasteiger partial charge in [0.2, 0.25) is 0 Å². The number of benzene rings is 1. The summed E-state index contributed by atoms with van der Waals surface area (Å²) in [4.78, 5) is 11.3. The van der Waals surface area contributed by atoms with Gasteiger partial charge < -0.3 is 30.9 Å². The van der Waals surface area contributed by atoms with E-state index < -0.39 is 6.10 Å². The molecule has 0 spiro atoms. The van der Waals surface area contributed by atoms with Gasteiger partial charge in [-0.2, -0.15) is 0 Å². The molecular weight excluding hydrogens is 262 g/mol. The summed E-state index contributed by atoms with van der Waals surface area (Å²) in [6, 6.07) is 3.40. The average molecular weight is 281 g/mol. The Morgan fingerprint density at radius 1 is 1.60 bits per heavy atom. The van der Waals surface area contributed by atoms with Gasteiger partial charge in [-0.05, 0) is 12.5 Å². The van der Waals surface area contributed by atoms with Crippen LogP contribution in [0.4, 0.5) is 17.1 Å². The SMILES string of the molecule is COCC(O)CCNc1cc2c(cc1N)OCC(=O)N2. The highest BCUT2D eigenvalue weighted by molar-refractivity contribution is 5.97. The number of hydrogen-bond donors (Lipinski definition) is 4. The molecule has 110 valence electrons. The largest absolute Gasteiger partial charge is 0.482 e. The number of fused-ring (bicyclic) bond motifs is 1. The molecule has 1 aliphatic rings. The molecule has 1 aromatic carbocycles. The van der Waals surface area contributed by atoms with E-state index in [2.05, 4.69) is 10.6 Å². The molecule has 0 saturated heterocycles. The Labute approximate surface area is 117 Å². The number of carbonyl (C=O) groups excluding carboxylic acids is 1. The van der Waals surface area contributed by atoms with Crippen LogP contribution in [-0.2, 0) is 9.53 Å². The number of anilines is 3. The average Bonchev–Trinajstić information content (AvgIpc) is 2.40. The van der Waals surface area contributed by atoms with E-state index in [-0.39, 0.29) is 12.5 Å². The second-order valence-electron chi connectivity index (χ2n) is 4.60. The van der Waals surface area contributed by atoms with E-state index in [1.54, 1.807) is 19.2 Å². The summed E-state index contributed by atoms with van der Waals surface area (Å²) in [7, 11) is 1.54. The summed E-state index contributed by atoms with van der Waals surface area (Å²) >= 11 is 0. The van der Waals surface area contributed by atoms with Gasteiger partial charge in [0.1, 0.15) is 5.75 Å². The zero-order valence-corrected chi connectivity index (χ0v) is 11.3. The fraction of sp³-hybridized carbons (Fsp3) is 0.462. The number of hydrogen-bond acceptors (Lipinski definition) is 6. The maximum atomic E-state index is 11.3. The van der Waals surface area contributed by atoms with E-state index in [0.29, 0.717) is 42.4 Å². The van der Waals surface area contributed by atoms with Gasteiger partial charge in [-0.1, -0.05) is 0 Å². The standard InChI is InChI=1S/C13H19N3O4/c1-19-6-8(17)2-3-15-10-5-11-12(4-9(10)14)20-7-13(18)16-11/h4-5,8,15,17H,2-3,6-7,14H2,1H3,(H,16,18). The molecule has 1 unspecified atom stereocenters.